The first-order valence-electron chi connectivity index (χ1n) is 6.23. The van der Waals surface area contributed by atoms with Crippen LogP contribution in [0.5, 0.6) is 11.5 Å². The molecule has 0 fully saturated rings. The van der Waals surface area contributed by atoms with E-state index in [1.54, 1.807) is 24.3 Å². The molecule has 0 aliphatic rings. The maximum atomic E-state index is 9.46. The zero-order valence-electron chi connectivity index (χ0n) is 11.0. The van der Waals surface area contributed by atoms with Crippen molar-refractivity contribution >= 4 is 49.3 Å². The van der Waals surface area contributed by atoms with Crippen molar-refractivity contribution in [2.24, 2.45) is 0 Å². The van der Waals surface area contributed by atoms with Crippen LogP contribution in [0.3, 0.4) is 0 Å². The number of hydrogen-bond donors (Lipinski definition) is 2. The Morgan fingerprint density at radius 1 is 0.682 bits per heavy atom. The molecule has 3 rings (SSSR count). The van der Waals surface area contributed by atoms with E-state index < -0.39 is 0 Å². The normalized spacial score (nSPS) is 10.9. The van der Waals surface area contributed by atoms with Gasteiger partial charge in [-0.1, -0.05) is 0 Å². The molecule has 0 aliphatic carbocycles. The van der Waals surface area contributed by atoms with E-state index in [1.165, 1.54) is 12.1 Å². The van der Waals surface area contributed by atoms with E-state index >= 15 is 0 Å². The molecule has 0 radical (unpaired) electrons. The first kappa shape index (κ1) is 15.8. The van der Waals surface area contributed by atoms with E-state index in [1.807, 2.05) is 6.07 Å². The van der Waals surface area contributed by atoms with Gasteiger partial charge in [0.1, 0.15) is 0 Å². The molecule has 3 aromatic rings. The van der Waals surface area contributed by atoms with Gasteiger partial charge in [0, 0.05) is 0 Å². The van der Waals surface area contributed by atoms with Crippen LogP contribution in [0.2, 0.25) is 15.1 Å². The van der Waals surface area contributed by atoms with Gasteiger partial charge in [-0.2, -0.15) is 0 Å². The summed E-state index contributed by atoms with van der Waals surface area (Å²) in [5.74, 6) is 0.242. The van der Waals surface area contributed by atoms with Crippen LogP contribution in [0.4, 0.5) is 0 Å². The molecule has 0 saturated heterocycles. The van der Waals surface area contributed by atoms with E-state index in [4.69, 9.17) is 34.8 Å². The molecule has 0 spiro atoms. The van der Waals surface area contributed by atoms with Crippen molar-refractivity contribution in [3.63, 3.8) is 0 Å². The monoisotopic (exact) mass is 418 g/mol. The molecule has 1 heterocycles. The van der Waals surface area contributed by atoms with E-state index in [0.29, 0.717) is 15.1 Å². The van der Waals surface area contributed by atoms with Gasteiger partial charge in [0.25, 0.3) is 0 Å². The SMILES string of the molecule is Oc1ccc(-c2cc(Cl)c(-c3ccc(O)cc3Cl)[se]2)c(Cl)c1. The average molecular weight is 419 g/mol. The number of halogens is 3. The van der Waals surface area contributed by atoms with Crippen LogP contribution < -0.4 is 0 Å². The van der Waals surface area contributed by atoms with E-state index in [9.17, 15) is 10.2 Å². The van der Waals surface area contributed by atoms with Gasteiger partial charge in [-0.15, -0.1) is 0 Å². The predicted molar refractivity (Wildman–Crippen MR) is 92.6 cm³/mol. The number of hydrogen-bond acceptors (Lipinski definition) is 2. The van der Waals surface area contributed by atoms with Crippen LogP contribution in [0.25, 0.3) is 20.0 Å². The predicted octanol–water partition coefficient (Wildman–Crippen LogP) is 5.45. The van der Waals surface area contributed by atoms with Crippen LogP contribution in [0.1, 0.15) is 0 Å². The fraction of sp³-hybridized carbons (Fsp3) is 0. The van der Waals surface area contributed by atoms with E-state index in [0.717, 1.165) is 20.0 Å². The summed E-state index contributed by atoms with van der Waals surface area (Å²) < 4.78 is 1.96. The molecule has 2 N–H and O–H groups in total. The molecule has 0 saturated carbocycles. The van der Waals surface area contributed by atoms with Gasteiger partial charge in [0.05, 0.1) is 0 Å². The van der Waals surface area contributed by atoms with Crippen molar-refractivity contribution in [2.75, 3.05) is 0 Å². The number of aromatic hydroxyl groups is 2. The summed E-state index contributed by atoms with van der Waals surface area (Å²) in [4.78, 5) is 0. The molecule has 112 valence electrons. The first-order chi connectivity index (χ1) is 10.5. The second-order valence-electron chi connectivity index (χ2n) is 4.62. The summed E-state index contributed by atoms with van der Waals surface area (Å²) in [6.07, 6.45) is 0. The van der Waals surface area contributed by atoms with Crippen LogP contribution in [-0.2, 0) is 0 Å². The summed E-state index contributed by atoms with van der Waals surface area (Å²) in [5.41, 5.74) is 1.66. The standard InChI is InChI=1S/C16H9Cl3O2Se/c17-12-5-8(20)1-3-10(12)15-7-14(19)16(22-15)11-4-2-9(21)6-13(11)18/h1-7,20-21H. The number of benzene rings is 2. The van der Waals surface area contributed by atoms with E-state index in [2.05, 4.69) is 0 Å². The zero-order valence-corrected chi connectivity index (χ0v) is 15.0. The Balaban J connectivity index is 2.11. The van der Waals surface area contributed by atoms with Crippen LogP contribution in [0, 0.1) is 0 Å². The summed E-state index contributed by atoms with van der Waals surface area (Å²) in [6.45, 7) is 0. The van der Waals surface area contributed by atoms with Crippen LogP contribution >= 0.6 is 34.8 Å². The third-order valence-corrected chi connectivity index (χ3v) is 6.80. The van der Waals surface area contributed by atoms with E-state index in [-0.39, 0.29) is 26.0 Å². The number of rotatable bonds is 2. The fourth-order valence-electron chi connectivity index (χ4n) is 2.08. The van der Waals surface area contributed by atoms with Crippen molar-refractivity contribution in [3.8, 4) is 31.5 Å². The van der Waals surface area contributed by atoms with Crippen LogP contribution in [0.15, 0.2) is 42.5 Å². The van der Waals surface area contributed by atoms with Gasteiger partial charge >= 0.3 is 149 Å². The Morgan fingerprint density at radius 2 is 1.23 bits per heavy atom. The zero-order chi connectivity index (χ0) is 15.9. The molecule has 0 aliphatic heterocycles. The molecule has 0 unspecified atom stereocenters. The Bertz CT molecular complexity index is 859. The molecular weight excluding hydrogens is 409 g/mol. The maximum absolute atomic E-state index is 9.46. The fourth-order valence-corrected chi connectivity index (χ4v) is 5.80. The third-order valence-electron chi connectivity index (χ3n) is 3.10. The van der Waals surface area contributed by atoms with Gasteiger partial charge in [-0.05, 0) is 0 Å². The first-order valence-corrected chi connectivity index (χ1v) is 9.07. The average Bonchev–Trinajstić information content (AvgIpc) is 2.80. The molecule has 6 heteroatoms. The van der Waals surface area contributed by atoms with Crippen molar-refractivity contribution in [1.82, 2.24) is 0 Å². The van der Waals surface area contributed by atoms with Crippen molar-refractivity contribution in [1.29, 1.82) is 0 Å². The third kappa shape index (κ3) is 3.01. The minimum atomic E-state index is -0.0711. The van der Waals surface area contributed by atoms with Crippen LogP contribution in [-0.4, -0.2) is 24.7 Å². The Labute approximate surface area is 148 Å². The minimum absolute atomic E-state index is 0.0711. The Kier molecular flexibility index (Phi) is 4.44. The summed E-state index contributed by atoms with van der Waals surface area (Å²) >= 11 is 18.7. The van der Waals surface area contributed by atoms with Gasteiger partial charge in [-0.3, -0.25) is 0 Å². The summed E-state index contributed by atoms with van der Waals surface area (Å²) in [7, 11) is 0. The summed E-state index contributed by atoms with van der Waals surface area (Å²) in [5, 5.41) is 20.5. The molecule has 22 heavy (non-hydrogen) atoms. The van der Waals surface area contributed by atoms with Crippen molar-refractivity contribution in [2.45, 2.75) is 0 Å². The Morgan fingerprint density at radius 3 is 1.77 bits per heavy atom. The second kappa shape index (κ2) is 6.19. The molecule has 0 bridgehead atoms. The second-order valence-corrected chi connectivity index (χ2v) is 8.05. The molecule has 2 aromatic carbocycles. The molecule has 2 nitrogen and oxygen atoms in total. The number of phenolic OH excluding ortho intramolecular Hbond substituents is 2. The van der Waals surface area contributed by atoms with Gasteiger partial charge in [0.15, 0.2) is 0 Å². The topological polar surface area (TPSA) is 40.5 Å². The van der Waals surface area contributed by atoms with Crippen molar-refractivity contribution < 1.29 is 10.2 Å². The number of phenols is 2. The molecular formula is C16H9Cl3O2Se. The van der Waals surface area contributed by atoms with Gasteiger partial charge < -0.3 is 0 Å². The van der Waals surface area contributed by atoms with Crippen molar-refractivity contribution in [3.05, 3.63) is 57.5 Å². The van der Waals surface area contributed by atoms with Gasteiger partial charge in [-0.25, -0.2) is 0 Å². The quantitative estimate of drug-likeness (QED) is 0.544. The summed E-state index contributed by atoms with van der Waals surface area (Å²) in [6, 6.07) is 11.6. The Hall–Kier alpha value is -1.09. The molecule has 0 atom stereocenters. The molecule has 0 amide bonds. The molecule has 1 aromatic heterocycles. The van der Waals surface area contributed by atoms with Gasteiger partial charge in [0.2, 0.25) is 0 Å².